The first kappa shape index (κ1) is 18.2. The van der Waals surface area contributed by atoms with Crippen LogP contribution in [0.4, 0.5) is 18.9 Å². The van der Waals surface area contributed by atoms with Crippen molar-refractivity contribution in [3.8, 4) is 5.69 Å². The molecule has 0 saturated heterocycles. The molecular formula is C21H18F3N3O. The Morgan fingerprint density at radius 1 is 0.893 bits per heavy atom. The third kappa shape index (κ3) is 2.93. The van der Waals surface area contributed by atoms with Crippen LogP contribution in [0.25, 0.3) is 5.69 Å². The number of alkyl halides is 3. The second kappa shape index (κ2) is 6.44. The molecule has 7 heteroatoms. The molecule has 1 aliphatic heterocycles. The summed E-state index contributed by atoms with van der Waals surface area (Å²) in [7, 11) is 3.66. The smallest absolute Gasteiger partial charge is 0.350 e. The van der Waals surface area contributed by atoms with E-state index in [2.05, 4.69) is 0 Å². The highest BCUT2D eigenvalue weighted by atomic mass is 19.4. The van der Waals surface area contributed by atoms with Gasteiger partial charge in [-0.3, -0.25) is 4.79 Å². The van der Waals surface area contributed by atoms with Crippen molar-refractivity contribution < 1.29 is 18.0 Å². The Morgan fingerprint density at radius 3 is 2.25 bits per heavy atom. The van der Waals surface area contributed by atoms with Crippen molar-refractivity contribution in [1.29, 1.82) is 0 Å². The maximum atomic E-state index is 12.8. The van der Waals surface area contributed by atoms with Gasteiger partial charge in [0.05, 0.1) is 16.8 Å². The molecule has 0 unspecified atom stereocenters. The Morgan fingerprint density at radius 2 is 1.57 bits per heavy atom. The summed E-state index contributed by atoms with van der Waals surface area (Å²) in [5, 5.41) is 0. The van der Waals surface area contributed by atoms with Crippen molar-refractivity contribution in [2.24, 2.45) is 0 Å². The van der Waals surface area contributed by atoms with E-state index < -0.39 is 11.7 Å². The summed E-state index contributed by atoms with van der Waals surface area (Å²) in [6.45, 7) is 0. The van der Waals surface area contributed by atoms with Crippen molar-refractivity contribution in [2.75, 3.05) is 19.0 Å². The van der Waals surface area contributed by atoms with Gasteiger partial charge in [0.1, 0.15) is 6.17 Å². The van der Waals surface area contributed by atoms with Gasteiger partial charge in [0.25, 0.3) is 5.91 Å². The lowest BCUT2D eigenvalue weighted by molar-refractivity contribution is -0.137. The number of fused-ring (bicyclic) bond motifs is 1. The summed E-state index contributed by atoms with van der Waals surface area (Å²) in [5.74, 6) is -0.0685. The molecule has 0 fully saturated rings. The number of carbonyl (C=O) groups is 1. The summed E-state index contributed by atoms with van der Waals surface area (Å²) in [6.07, 6.45) is -1.05. The third-order valence-corrected chi connectivity index (χ3v) is 5.08. The Bertz CT molecular complexity index is 1020. The molecule has 0 bridgehead atoms. The van der Waals surface area contributed by atoms with Crippen LogP contribution in [0.3, 0.4) is 0 Å². The van der Waals surface area contributed by atoms with E-state index in [1.807, 2.05) is 42.4 Å². The van der Waals surface area contributed by atoms with E-state index in [-0.39, 0.29) is 12.1 Å². The van der Waals surface area contributed by atoms with Gasteiger partial charge in [-0.25, -0.2) is 0 Å². The second-order valence-electron chi connectivity index (χ2n) is 6.81. The molecule has 2 heterocycles. The molecule has 28 heavy (non-hydrogen) atoms. The fourth-order valence-corrected chi connectivity index (χ4v) is 3.65. The second-order valence-corrected chi connectivity index (χ2v) is 6.81. The SMILES string of the molecule is CN1C(=O)c2ccccc2N(C)[C@@H]1c1ccn(-c2ccc(C(F)(F)F)cc2)c1. The minimum Gasteiger partial charge on any atom is -0.350 e. The zero-order valence-electron chi connectivity index (χ0n) is 15.3. The van der Waals surface area contributed by atoms with E-state index in [4.69, 9.17) is 0 Å². The fourth-order valence-electron chi connectivity index (χ4n) is 3.65. The quantitative estimate of drug-likeness (QED) is 0.639. The number of anilines is 1. The van der Waals surface area contributed by atoms with Crippen LogP contribution in [-0.2, 0) is 6.18 Å². The molecule has 4 nitrogen and oxygen atoms in total. The first-order chi connectivity index (χ1) is 13.3. The molecular weight excluding hydrogens is 367 g/mol. The number of hydrogen-bond acceptors (Lipinski definition) is 2. The van der Waals surface area contributed by atoms with Crippen LogP contribution in [-0.4, -0.2) is 29.5 Å². The van der Waals surface area contributed by atoms with E-state index in [1.54, 1.807) is 28.8 Å². The highest BCUT2D eigenvalue weighted by Gasteiger charge is 2.34. The van der Waals surface area contributed by atoms with Gasteiger partial charge in [0.15, 0.2) is 0 Å². The van der Waals surface area contributed by atoms with Crippen LogP contribution < -0.4 is 4.90 Å². The Hall–Kier alpha value is -3.22. The van der Waals surface area contributed by atoms with E-state index >= 15 is 0 Å². The van der Waals surface area contributed by atoms with Crippen molar-refractivity contribution in [2.45, 2.75) is 12.3 Å². The summed E-state index contributed by atoms with van der Waals surface area (Å²) >= 11 is 0. The molecule has 4 rings (SSSR count). The minimum atomic E-state index is -4.36. The lowest BCUT2D eigenvalue weighted by atomic mass is 10.0. The monoisotopic (exact) mass is 385 g/mol. The van der Waals surface area contributed by atoms with Crippen LogP contribution >= 0.6 is 0 Å². The Labute approximate surface area is 160 Å². The lowest BCUT2D eigenvalue weighted by Crippen LogP contribution is -2.45. The van der Waals surface area contributed by atoms with Crippen LogP contribution in [0.5, 0.6) is 0 Å². The highest BCUT2D eigenvalue weighted by molar-refractivity contribution is 6.01. The first-order valence-corrected chi connectivity index (χ1v) is 8.72. The first-order valence-electron chi connectivity index (χ1n) is 8.72. The number of halogens is 3. The maximum absolute atomic E-state index is 12.8. The normalized spacial score (nSPS) is 17.0. The number of benzene rings is 2. The van der Waals surface area contributed by atoms with Gasteiger partial charge in [-0.1, -0.05) is 12.1 Å². The van der Waals surface area contributed by atoms with Gasteiger partial charge in [-0.15, -0.1) is 0 Å². The number of aromatic nitrogens is 1. The van der Waals surface area contributed by atoms with Crippen LogP contribution in [0.1, 0.15) is 27.7 Å². The molecule has 3 aromatic rings. The molecule has 1 aliphatic rings. The summed E-state index contributed by atoms with van der Waals surface area (Å²) in [5.41, 5.74) is 2.29. The zero-order valence-corrected chi connectivity index (χ0v) is 15.3. The summed E-state index contributed by atoms with van der Waals surface area (Å²) in [6, 6.07) is 14.3. The van der Waals surface area contributed by atoms with Gasteiger partial charge in [-0.2, -0.15) is 13.2 Å². The number of para-hydroxylation sites is 1. The molecule has 0 spiro atoms. The maximum Gasteiger partial charge on any atom is 0.416 e. The number of nitrogens with zero attached hydrogens (tertiary/aromatic N) is 3. The lowest BCUT2D eigenvalue weighted by Gasteiger charge is -2.41. The number of rotatable bonds is 2. The standard InChI is InChI=1S/C21H18F3N3O/c1-25-18-6-4-3-5-17(18)20(28)26(2)19(25)14-11-12-27(13-14)16-9-7-15(8-10-16)21(22,23)24/h3-13,19H,1-2H3/t19-/m0/s1. The van der Waals surface area contributed by atoms with Crippen molar-refractivity contribution in [1.82, 2.24) is 9.47 Å². The number of hydrogen-bond donors (Lipinski definition) is 0. The van der Waals surface area contributed by atoms with Crippen LogP contribution in [0.2, 0.25) is 0 Å². The van der Waals surface area contributed by atoms with E-state index in [0.29, 0.717) is 11.3 Å². The van der Waals surface area contributed by atoms with Crippen molar-refractivity contribution >= 4 is 11.6 Å². The van der Waals surface area contributed by atoms with Crippen molar-refractivity contribution in [3.05, 3.63) is 83.7 Å². The molecule has 1 atom stereocenters. The van der Waals surface area contributed by atoms with Crippen molar-refractivity contribution in [3.63, 3.8) is 0 Å². The highest BCUT2D eigenvalue weighted by Crippen LogP contribution is 2.37. The van der Waals surface area contributed by atoms with E-state index in [1.165, 1.54) is 12.1 Å². The molecule has 0 radical (unpaired) electrons. The largest absolute Gasteiger partial charge is 0.416 e. The third-order valence-electron chi connectivity index (χ3n) is 5.08. The number of amides is 1. The zero-order chi connectivity index (χ0) is 20.1. The van der Waals surface area contributed by atoms with Gasteiger partial charge in [0.2, 0.25) is 0 Å². The molecule has 0 saturated carbocycles. The predicted octanol–water partition coefficient (Wildman–Crippen LogP) is 4.72. The molecule has 0 aliphatic carbocycles. The summed E-state index contributed by atoms with van der Waals surface area (Å²) < 4.78 is 40.0. The Balaban J connectivity index is 1.67. The van der Waals surface area contributed by atoms with E-state index in [9.17, 15) is 18.0 Å². The fraction of sp³-hybridized carbons (Fsp3) is 0.190. The van der Waals surface area contributed by atoms with E-state index in [0.717, 1.165) is 23.4 Å². The molecule has 1 amide bonds. The minimum absolute atomic E-state index is 0.0685. The van der Waals surface area contributed by atoms with Gasteiger partial charge in [0, 0.05) is 37.7 Å². The molecule has 1 aromatic heterocycles. The number of carbonyl (C=O) groups excluding carboxylic acids is 1. The summed E-state index contributed by atoms with van der Waals surface area (Å²) in [4.78, 5) is 16.4. The van der Waals surface area contributed by atoms with Gasteiger partial charge in [-0.05, 0) is 42.5 Å². The Kier molecular flexibility index (Phi) is 4.18. The molecule has 2 aromatic carbocycles. The average molecular weight is 385 g/mol. The van der Waals surface area contributed by atoms with Gasteiger partial charge < -0.3 is 14.4 Å². The molecule has 144 valence electrons. The van der Waals surface area contributed by atoms with Crippen LogP contribution in [0, 0.1) is 0 Å². The average Bonchev–Trinajstić information content (AvgIpc) is 3.15. The topological polar surface area (TPSA) is 28.5 Å². The predicted molar refractivity (Wildman–Crippen MR) is 100 cm³/mol. The van der Waals surface area contributed by atoms with Gasteiger partial charge >= 0.3 is 6.18 Å². The molecule has 0 N–H and O–H groups in total. The van der Waals surface area contributed by atoms with Crippen LogP contribution in [0.15, 0.2) is 67.0 Å².